The SMILES string of the molecule is CC(C)(C)CCC(c1ccc(C(=O)O)cc1)N1C(=O)C(C2CC2)=NC12CCCC(C(C)(C)C)CC2. The lowest BCUT2D eigenvalue weighted by Crippen LogP contribution is -2.49. The van der Waals surface area contributed by atoms with E-state index in [4.69, 9.17) is 4.99 Å². The zero-order chi connectivity index (χ0) is 25.6. The molecule has 1 amide bonds. The molecule has 0 bridgehead atoms. The number of amides is 1. The quantitative estimate of drug-likeness (QED) is 0.465. The molecule has 0 saturated heterocycles. The molecule has 0 radical (unpaired) electrons. The van der Waals surface area contributed by atoms with E-state index in [-0.39, 0.29) is 28.3 Å². The van der Waals surface area contributed by atoms with E-state index in [1.807, 2.05) is 12.1 Å². The van der Waals surface area contributed by atoms with Gasteiger partial charge in [0.2, 0.25) is 0 Å². The van der Waals surface area contributed by atoms with Crippen LogP contribution in [0.2, 0.25) is 0 Å². The van der Waals surface area contributed by atoms with Crippen LogP contribution in [0, 0.1) is 22.7 Å². The lowest BCUT2D eigenvalue weighted by Gasteiger charge is -2.42. The van der Waals surface area contributed by atoms with Gasteiger partial charge in [0.25, 0.3) is 5.91 Å². The van der Waals surface area contributed by atoms with E-state index in [1.165, 1.54) is 6.42 Å². The molecule has 2 fully saturated rings. The third kappa shape index (κ3) is 5.65. The molecule has 5 heteroatoms. The summed E-state index contributed by atoms with van der Waals surface area (Å²) >= 11 is 0. The van der Waals surface area contributed by atoms with Crippen molar-refractivity contribution in [2.75, 3.05) is 0 Å². The average Bonchev–Trinajstić information content (AvgIpc) is 3.57. The molecule has 1 aromatic carbocycles. The number of aliphatic imine (C=N–C) groups is 1. The molecule has 3 unspecified atom stereocenters. The van der Waals surface area contributed by atoms with Gasteiger partial charge in [-0.05, 0) is 92.2 Å². The molecule has 4 rings (SSSR count). The van der Waals surface area contributed by atoms with Crippen LogP contribution >= 0.6 is 0 Å². The fourth-order valence-corrected chi connectivity index (χ4v) is 6.08. The number of carbonyl (C=O) groups excluding carboxylic acids is 1. The van der Waals surface area contributed by atoms with Crippen LogP contribution in [-0.2, 0) is 4.79 Å². The summed E-state index contributed by atoms with van der Waals surface area (Å²) in [5, 5.41) is 9.42. The molecular weight excluding hydrogens is 436 g/mol. The fraction of sp³-hybridized carbons (Fsp3) is 0.700. The second kappa shape index (κ2) is 9.37. The molecule has 1 N–H and O–H groups in total. The molecule has 2 saturated carbocycles. The number of hydrogen-bond acceptors (Lipinski definition) is 3. The van der Waals surface area contributed by atoms with Gasteiger partial charge >= 0.3 is 5.97 Å². The van der Waals surface area contributed by atoms with Crippen LogP contribution in [0.3, 0.4) is 0 Å². The van der Waals surface area contributed by atoms with Gasteiger partial charge in [0.1, 0.15) is 11.4 Å². The molecule has 1 aromatic rings. The Morgan fingerprint density at radius 3 is 2.26 bits per heavy atom. The predicted molar refractivity (Wildman–Crippen MR) is 141 cm³/mol. The predicted octanol–water partition coefficient (Wildman–Crippen LogP) is 7.27. The van der Waals surface area contributed by atoms with E-state index in [0.717, 1.165) is 62.6 Å². The lowest BCUT2D eigenvalue weighted by molar-refractivity contribution is -0.132. The molecule has 1 heterocycles. The van der Waals surface area contributed by atoms with Crippen LogP contribution in [0.4, 0.5) is 0 Å². The summed E-state index contributed by atoms with van der Waals surface area (Å²) in [7, 11) is 0. The number of rotatable bonds is 6. The second-order valence-electron chi connectivity index (χ2n) is 13.5. The molecule has 35 heavy (non-hydrogen) atoms. The van der Waals surface area contributed by atoms with Crippen molar-refractivity contribution in [3.63, 3.8) is 0 Å². The van der Waals surface area contributed by atoms with Gasteiger partial charge in [0.05, 0.1) is 11.6 Å². The van der Waals surface area contributed by atoms with Gasteiger partial charge in [-0.1, -0.05) is 53.7 Å². The van der Waals surface area contributed by atoms with Gasteiger partial charge < -0.3 is 10.0 Å². The highest BCUT2D eigenvalue weighted by atomic mass is 16.4. The second-order valence-corrected chi connectivity index (χ2v) is 13.5. The first-order valence-electron chi connectivity index (χ1n) is 13.6. The number of nitrogens with zero attached hydrogens (tertiary/aromatic N) is 2. The Morgan fingerprint density at radius 2 is 1.71 bits per heavy atom. The first kappa shape index (κ1) is 25.9. The monoisotopic (exact) mass is 480 g/mol. The van der Waals surface area contributed by atoms with E-state index in [2.05, 4.69) is 46.4 Å². The standard InChI is InChI=1S/C30H44N2O3/c1-28(2,3)18-16-24(20-9-13-22(14-10-20)27(34)35)32-26(33)25(21-11-12-21)31-30(32)17-7-8-23(15-19-30)29(4,5)6/h9-10,13-14,21,23-24H,7-8,11-12,15-19H2,1-6H3,(H,34,35). The third-order valence-corrected chi connectivity index (χ3v) is 8.45. The largest absolute Gasteiger partial charge is 0.478 e. The lowest BCUT2D eigenvalue weighted by atomic mass is 9.76. The Morgan fingerprint density at radius 1 is 1.06 bits per heavy atom. The third-order valence-electron chi connectivity index (χ3n) is 8.45. The van der Waals surface area contributed by atoms with Gasteiger partial charge in [0, 0.05) is 5.92 Å². The van der Waals surface area contributed by atoms with E-state index in [9.17, 15) is 14.7 Å². The molecule has 2 aliphatic carbocycles. The molecular formula is C30H44N2O3. The number of carboxylic acid groups (broad SMARTS) is 1. The van der Waals surface area contributed by atoms with Crippen molar-refractivity contribution in [3.8, 4) is 0 Å². The Kier molecular flexibility index (Phi) is 6.93. The maximum absolute atomic E-state index is 14.1. The van der Waals surface area contributed by atoms with Crippen LogP contribution in [0.5, 0.6) is 0 Å². The number of hydrogen-bond donors (Lipinski definition) is 1. The van der Waals surface area contributed by atoms with Gasteiger partial charge in [-0.25, -0.2) is 4.79 Å². The highest BCUT2D eigenvalue weighted by Crippen LogP contribution is 2.50. The maximum Gasteiger partial charge on any atom is 0.335 e. The zero-order valence-corrected chi connectivity index (χ0v) is 22.6. The zero-order valence-electron chi connectivity index (χ0n) is 22.6. The minimum Gasteiger partial charge on any atom is -0.478 e. The summed E-state index contributed by atoms with van der Waals surface area (Å²) in [5.41, 5.74) is 2.03. The highest BCUT2D eigenvalue weighted by Gasteiger charge is 2.53. The first-order valence-corrected chi connectivity index (χ1v) is 13.6. The minimum atomic E-state index is -0.923. The van der Waals surface area contributed by atoms with Gasteiger partial charge in [-0.15, -0.1) is 0 Å². The summed E-state index contributed by atoms with van der Waals surface area (Å²) in [6, 6.07) is 7.10. The number of benzene rings is 1. The highest BCUT2D eigenvalue weighted by molar-refractivity contribution is 6.41. The van der Waals surface area contributed by atoms with Crippen molar-refractivity contribution in [3.05, 3.63) is 35.4 Å². The van der Waals surface area contributed by atoms with Gasteiger partial charge in [0.15, 0.2) is 0 Å². The smallest absolute Gasteiger partial charge is 0.335 e. The van der Waals surface area contributed by atoms with E-state index < -0.39 is 11.6 Å². The number of carbonyl (C=O) groups is 2. The Bertz CT molecular complexity index is 978. The van der Waals surface area contributed by atoms with E-state index in [1.54, 1.807) is 12.1 Å². The molecule has 1 aliphatic heterocycles. The van der Waals surface area contributed by atoms with Gasteiger partial charge in [-0.3, -0.25) is 9.79 Å². The Hall–Kier alpha value is -2.17. The summed E-state index contributed by atoms with van der Waals surface area (Å²) in [6.07, 6.45) is 9.13. The van der Waals surface area contributed by atoms with E-state index in [0.29, 0.717) is 11.8 Å². The van der Waals surface area contributed by atoms with Gasteiger partial charge in [-0.2, -0.15) is 0 Å². The van der Waals surface area contributed by atoms with Crippen LogP contribution in [0.15, 0.2) is 29.3 Å². The van der Waals surface area contributed by atoms with Crippen LogP contribution < -0.4 is 0 Å². The first-order chi connectivity index (χ1) is 16.3. The fourth-order valence-electron chi connectivity index (χ4n) is 6.08. The van der Waals surface area contributed by atoms with Crippen molar-refractivity contribution in [1.29, 1.82) is 0 Å². The normalized spacial score (nSPS) is 26.6. The van der Waals surface area contributed by atoms with Crippen LogP contribution in [0.1, 0.15) is 121 Å². The molecule has 5 nitrogen and oxygen atoms in total. The summed E-state index contributed by atoms with van der Waals surface area (Å²) in [6.45, 7) is 13.7. The maximum atomic E-state index is 14.1. The van der Waals surface area contributed by atoms with E-state index >= 15 is 0 Å². The Balaban J connectivity index is 1.74. The number of carboxylic acids is 1. The molecule has 0 aromatic heterocycles. The summed E-state index contributed by atoms with van der Waals surface area (Å²) < 4.78 is 0. The molecule has 3 atom stereocenters. The van der Waals surface area contributed by atoms with Crippen molar-refractivity contribution >= 4 is 17.6 Å². The topological polar surface area (TPSA) is 70.0 Å². The minimum absolute atomic E-state index is 0.101. The molecule has 3 aliphatic rings. The van der Waals surface area contributed by atoms with Crippen LogP contribution in [0.25, 0.3) is 0 Å². The summed E-state index contributed by atoms with van der Waals surface area (Å²) in [4.78, 5) is 33.0. The van der Waals surface area contributed by atoms with Crippen molar-refractivity contribution < 1.29 is 14.7 Å². The Labute approximate surface area is 211 Å². The van der Waals surface area contributed by atoms with Crippen molar-refractivity contribution in [2.24, 2.45) is 27.7 Å². The number of aromatic carboxylic acids is 1. The average molecular weight is 481 g/mol. The van der Waals surface area contributed by atoms with Crippen molar-refractivity contribution in [2.45, 2.75) is 111 Å². The summed E-state index contributed by atoms with van der Waals surface area (Å²) in [5.74, 6) is 0.154. The van der Waals surface area contributed by atoms with Crippen LogP contribution in [-0.4, -0.2) is 33.3 Å². The van der Waals surface area contributed by atoms with Crippen molar-refractivity contribution in [1.82, 2.24) is 4.90 Å². The molecule has 192 valence electrons. The molecule has 1 spiro atoms.